The Morgan fingerprint density at radius 1 is 1.16 bits per heavy atom. The second kappa shape index (κ2) is 6.83. The van der Waals surface area contributed by atoms with Crippen molar-refractivity contribution in [3.63, 3.8) is 0 Å². The Morgan fingerprint density at radius 2 is 1.90 bits per heavy atom. The smallest absolute Gasteiger partial charge is 0.402 e. The molecule has 4 heterocycles. The normalized spacial score (nSPS) is 28.8. The van der Waals surface area contributed by atoms with Gasteiger partial charge in [0.05, 0.1) is 24.9 Å². The fourth-order valence-corrected chi connectivity index (χ4v) is 5.23. The number of piperidine rings is 1. The maximum atomic E-state index is 12.7. The summed E-state index contributed by atoms with van der Waals surface area (Å²) < 4.78 is 49.8. The Hall–Kier alpha value is -2.33. The molecule has 3 atom stereocenters. The minimum Gasteiger partial charge on any atom is -0.402 e. The third-order valence-electron chi connectivity index (χ3n) is 7.27. The zero-order chi connectivity index (χ0) is 21.3. The summed E-state index contributed by atoms with van der Waals surface area (Å²) >= 11 is 0. The van der Waals surface area contributed by atoms with Gasteiger partial charge in [0.1, 0.15) is 5.82 Å². The highest BCUT2D eigenvalue weighted by Gasteiger charge is 2.58. The molecule has 0 radical (unpaired) electrons. The maximum absolute atomic E-state index is 12.7. The van der Waals surface area contributed by atoms with Gasteiger partial charge in [-0.3, -0.25) is 4.90 Å². The molecule has 10 heteroatoms. The molecule has 2 aromatic rings. The highest BCUT2D eigenvalue weighted by molar-refractivity contribution is 5.64. The van der Waals surface area contributed by atoms with Gasteiger partial charge >= 0.3 is 6.36 Å². The average Bonchev–Trinajstić information content (AvgIpc) is 2.96. The van der Waals surface area contributed by atoms with E-state index in [-0.39, 0.29) is 5.82 Å². The molecule has 166 valence electrons. The standard InChI is InChI=1S/C21H24F3N5O2/c22-21(23,24)31-17-4-12(5-26-19(17)25)16-8-29(20(27-16)11-2-1-3-11)18-14-6-28(7-15(14)18)13-9-30-10-13/h4-5,8,11,13-15,18H,1-3,6-7,9-10H2,(H2,25,26)/t14-,15+,18-. The Bertz CT molecular complexity index is 989. The van der Waals surface area contributed by atoms with Crippen molar-refractivity contribution in [2.45, 2.75) is 43.6 Å². The van der Waals surface area contributed by atoms with E-state index in [9.17, 15) is 13.2 Å². The molecule has 2 aliphatic carbocycles. The molecule has 0 amide bonds. The molecule has 2 N–H and O–H groups in total. The van der Waals surface area contributed by atoms with Crippen LogP contribution in [-0.2, 0) is 4.74 Å². The minimum atomic E-state index is -4.83. The van der Waals surface area contributed by atoms with Crippen LogP contribution in [0.1, 0.15) is 37.0 Å². The molecule has 7 nitrogen and oxygen atoms in total. The van der Waals surface area contributed by atoms with Crippen LogP contribution in [0.25, 0.3) is 11.3 Å². The number of alkyl halides is 3. The molecule has 4 aliphatic rings. The van der Waals surface area contributed by atoms with Gasteiger partial charge in [0.15, 0.2) is 11.6 Å². The zero-order valence-corrected chi connectivity index (χ0v) is 16.9. The molecule has 0 aromatic carbocycles. The molecular formula is C21H24F3N5O2. The van der Waals surface area contributed by atoms with Crippen molar-refractivity contribution in [1.29, 1.82) is 0 Å². The quantitative estimate of drug-likeness (QED) is 0.777. The van der Waals surface area contributed by atoms with E-state index in [4.69, 9.17) is 15.5 Å². The highest BCUT2D eigenvalue weighted by Crippen LogP contribution is 2.57. The van der Waals surface area contributed by atoms with E-state index in [0.29, 0.717) is 41.1 Å². The number of halogens is 3. The van der Waals surface area contributed by atoms with Crippen LogP contribution in [0.3, 0.4) is 0 Å². The van der Waals surface area contributed by atoms with E-state index in [1.807, 2.05) is 6.20 Å². The van der Waals surface area contributed by atoms with Gasteiger partial charge in [0.2, 0.25) is 0 Å². The largest absolute Gasteiger partial charge is 0.573 e. The van der Waals surface area contributed by atoms with E-state index < -0.39 is 12.1 Å². The average molecular weight is 435 g/mol. The number of anilines is 1. The van der Waals surface area contributed by atoms with E-state index in [0.717, 1.165) is 45.0 Å². The van der Waals surface area contributed by atoms with Crippen molar-refractivity contribution in [1.82, 2.24) is 19.4 Å². The number of nitrogen functional groups attached to an aromatic ring is 1. The SMILES string of the molecule is Nc1ncc(-c2cn([C@@H]3[C@@H]4CN(C5COC5)C[C@@H]43)c(C3CCC3)n2)cc1OC(F)(F)F. The summed E-state index contributed by atoms with van der Waals surface area (Å²) in [5.74, 6) is 1.89. The van der Waals surface area contributed by atoms with Crippen LogP contribution in [-0.4, -0.2) is 58.1 Å². The van der Waals surface area contributed by atoms with Crippen LogP contribution in [0.5, 0.6) is 5.75 Å². The van der Waals surface area contributed by atoms with Crippen molar-refractivity contribution in [2.75, 3.05) is 32.0 Å². The van der Waals surface area contributed by atoms with Crippen molar-refractivity contribution >= 4 is 5.82 Å². The first-order valence-electron chi connectivity index (χ1n) is 10.8. The van der Waals surface area contributed by atoms with Crippen molar-refractivity contribution < 1.29 is 22.6 Å². The van der Waals surface area contributed by atoms with E-state index >= 15 is 0 Å². The van der Waals surface area contributed by atoms with Crippen molar-refractivity contribution in [2.24, 2.45) is 11.8 Å². The lowest BCUT2D eigenvalue weighted by Gasteiger charge is -2.36. The van der Waals surface area contributed by atoms with Crippen molar-refractivity contribution in [3.8, 4) is 17.0 Å². The lowest BCUT2D eigenvalue weighted by atomic mass is 9.85. The van der Waals surface area contributed by atoms with Crippen LogP contribution in [0.4, 0.5) is 19.0 Å². The molecule has 2 saturated carbocycles. The molecule has 0 unspecified atom stereocenters. The number of rotatable bonds is 5. The third kappa shape index (κ3) is 3.36. The number of ether oxygens (including phenoxy) is 2. The van der Waals surface area contributed by atoms with Crippen LogP contribution in [0.15, 0.2) is 18.5 Å². The molecule has 31 heavy (non-hydrogen) atoms. The lowest BCUT2D eigenvalue weighted by Crippen LogP contribution is -2.49. The third-order valence-corrected chi connectivity index (χ3v) is 7.27. The number of likely N-dealkylation sites (tertiary alicyclic amines) is 1. The number of imidazole rings is 1. The number of hydrogen-bond acceptors (Lipinski definition) is 6. The molecule has 4 fully saturated rings. The summed E-state index contributed by atoms with van der Waals surface area (Å²) in [6, 6.07) is 2.26. The van der Waals surface area contributed by atoms with Crippen LogP contribution in [0, 0.1) is 11.8 Å². The summed E-state index contributed by atoms with van der Waals surface area (Å²) in [4.78, 5) is 11.3. The number of nitrogens with two attached hydrogens (primary N) is 1. The molecule has 0 spiro atoms. The molecule has 2 aromatic heterocycles. The van der Waals surface area contributed by atoms with Crippen LogP contribution >= 0.6 is 0 Å². The Morgan fingerprint density at radius 3 is 2.48 bits per heavy atom. The van der Waals surface area contributed by atoms with Crippen LogP contribution in [0.2, 0.25) is 0 Å². The van der Waals surface area contributed by atoms with E-state index in [2.05, 4.69) is 19.2 Å². The number of hydrogen-bond donors (Lipinski definition) is 1. The van der Waals surface area contributed by atoms with Gasteiger partial charge in [-0.2, -0.15) is 0 Å². The fourth-order valence-electron chi connectivity index (χ4n) is 5.23. The Labute approximate surface area is 177 Å². The topological polar surface area (TPSA) is 78.4 Å². The lowest BCUT2D eigenvalue weighted by molar-refractivity contribution is -0.274. The van der Waals surface area contributed by atoms with Gasteiger partial charge in [-0.15, -0.1) is 13.2 Å². The van der Waals surface area contributed by atoms with Crippen LogP contribution < -0.4 is 10.5 Å². The highest BCUT2D eigenvalue weighted by atomic mass is 19.4. The molecule has 0 bridgehead atoms. The molecular weight excluding hydrogens is 411 g/mol. The second-order valence-electron chi connectivity index (χ2n) is 9.14. The first kappa shape index (κ1) is 19.4. The first-order chi connectivity index (χ1) is 14.9. The predicted molar refractivity (Wildman–Crippen MR) is 105 cm³/mol. The predicted octanol–water partition coefficient (Wildman–Crippen LogP) is 3.19. The Balaban J connectivity index is 1.28. The summed E-state index contributed by atoms with van der Waals surface area (Å²) in [6.45, 7) is 3.82. The number of aromatic nitrogens is 3. The summed E-state index contributed by atoms with van der Waals surface area (Å²) in [7, 11) is 0. The summed E-state index contributed by atoms with van der Waals surface area (Å²) in [6.07, 6.45) is 2.01. The van der Waals surface area contributed by atoms with E-state index in [1.54, 1.807) is 0 Å². The van der Waals surface area contributed by atoms with E-state index in [1.165, 1.54) is 18.7 Å². The maximum Gasteiger partial charge on any atom is 0.573 e. The van der Waals surface area contributed by atoms with Gasteiger partial charge in [0.25, 0.3) is 0 Å². The van der Waals surface area contributed by atoms with Gasteiger partial charge in [-0.1, -0.05) is 6.42 Å². The minimum absolute atomic E-state index is 0.295. The summed E-state index contributed by atoms with van der Waals surface area (Å²) in [5.41, 5.74) is 6.69. The second-order valence-corrected chi connectivity index (χ2v) is 9.14. The Kier molecular flexibility index (Phi) is 4.27. The van der Waals surface area contributed by atoms with Gasteiger partial charge in [-0.05, 0) is 30.7 Å². The summed E-state index contributed by atoms with van der Waals surface area (Å²) in [5, 5.41) is 0. The monoisotopic (exact) mass is 435 g/mol. The number of pyridine rings is 1. The van der Waals surface area contributed by atoms with Gasteiger partial charge in [0, 0.05) is 43.0 Å². The first-order valence-corrected chi connectivity index (χ1v) is 10.8. The number of fused-ring (bicyclic) bond motifs is 1. The fraction of sp³-hybridized carbons (Fsp3) is 0.619. The molecule has 2 saturated heterocycles. The zero-order valence-electron chi connectivity index (χ0n) is 16.9. The molecule has 2 aliphatic heterocycles. The van der Waals surface area contributed by atoms with Crippen molar-refractivity contribution in [3.05, 3.63) is 24.3 Å². The number of nitrogens with zero attached hydrogens (tertiary/aromatic N) is 4. The molecule has 6 rings (SSSR count). The van der Waals surface area contributed by atoms with Gasteiger partial charge in [-0.25, -0.2) is 9.97 Å². The van der Waals surface area contributed by atoms with Gasteiger partial charge < -0.3 is 19.8 Å².